The maximum absolute atomic E-state index is 13.4. The summed E-state index contributed by atoms with van der Waals surface area (Å²) in [4.78, 5) is 28.9. The second-order valence-electron chi connectivity index (χ2n) is 7.79. The molecule has 0 aromatic carbocycles. The Hall–Kier alpha value is -3.21. The topological polar surface area (TPSA) is 109 Å². The van der Waals surface area contributed by atoms with Crippen LogP contribution in [0.4, 0.5) is 8.78 Å². The minimum atomic E-state index is -2.90. The standard InChI is InChI=1S/C22H26F2N2O7/c1-11(2)19-12-8-13(22(28)29)21(27)26(10-16(23)24)18(12)17-14(33-19)9-15(20(25-17)31-4)32-7-5-6-30-3/h8-9,11,16,19H,5-7,10H2,1-4H3,(H,28,29)/t19-/m1/s1. The SMILES string of the molecule is COCCCOc1cc2c(nc1OC)-c1c(cc(C(=O)O)c(=O)n1CC(F)F)[C@@H](C(C)C)O2. The number of aromatic nitrogens is 2. The summed E-state index contributed by atoms with van der Waals surface area (Å²) in [6, 6.07) is 2.72. The zero-order chi connectivity index (χ0) is 24.3. The number of pyridine rings is 2. The van der Waals surface area contributed by atoms with Crippen molar-refractivity contribution in [2.45, 2.75) is 39.3 Å². The van der Waals surface area contributed by atoms with Crippen molar-refractivity contribution >= 4 is 5.97 Å². The summed E-state index contributed by atoms with van der Waals surface area (Å²) in [5, 5.41) is 9.48. The first-order valence-electron chi connectivity index (χ1n) is 10.4. The van der Waals surface area contributed by atoms with Gasteiger partial charge in [-0.2, -0.15) is 0 Å². The summed E-state index contributed by atoms with van der Waals surface area (Å²) in [5.41, 5.74) is -1.19. The zero-order valence-electron chi connectivity index (χ0n) is 18.8. The number of alkyl halides is 2. The minimum Gasteiger partial charge on any atom is -0.488 e. The van der Waals surface area contributed by atoms with Crippen LogP contribution in [0.5, 0.6) is 17.4 Å². The van der Waals surface area contributed by atoms with Gasteiger partial charge in [0.05, 0.1) is 26.0 Å². The van der Waals surface area contributed by atoms with Crippen LogP contribution >= 0.6 is 0 Å². The summed E-state index contributed by atoms with van der Waals surface area (Å²) in [7, 11) is 2.95. The molecular formula is C22H26F2N2O7. The summed E-state index contributed by atoms with van der Waals surface area (Å²) in [6.45, 7) is 3.48. The van der Waals surface area contributed by atoms with E-state index in [0.29, 0.717) is 25.2 Å². The summed E-state index contributed by atoms with van der Waals surface area (Å²) in [5.74, 6) is -1.12. The number of carboxylic acids is 1. The zero-order valence-corrected chi connectivity index (χ0v) is 18.8. The lowest BCUT2D eigenvalue weighted by Crippen LogP contribution is -2.34. The Bertz CT molecular complexity index is 1090. The molecule has 0 unspecified atom stereocenters. The maximum atomic E-state index is 13.4. The number of rotatable bonds is 10. The van der Waals surface area contributed by atoms with Crippen molar-refractivity contribution in [2.75, 3.05) is 27.4 Å². The Morgan fingerprint density at radius 2 is 2.00 bits per heavy atom. The van der Waals surface area contributed by atoms with Gasteiger partial charge in [0.15, 0.2) is 11.5 Å². The highest BCUT2D eigenvalue weighted by Gasteiger charge is 2.36. The number of carbonyl (C=O) groups is 1. The van der Waals surface area contributed by atoms with Crippen LogP contribution in [-0.4, -0.2) is 54.5 Å². The third kappa shape index (κ3) is 4.92. The molecule has 0 spiro atoms. The maximum Gasteiger partial charge on any atom is 0.341 e. The van der Waals surface area contributed by atoms with E-state index in [2.05, 4.69) is 4.98 Å². The van der Waals surface area contributed by atoms with Crippen molar-refractivity contribution in [3.63, 3.8) is 0 Å². The van der Waals surface area contributed by atoms with Crippen molar-refractivity contribution in [3.05, 3.63) is 33.6 Å². The normalized spacial score (nSPS) is 14.6. The van der Waals surface area contributed by atoms with Gasteiger partial charge in [-0.05, 0) is 12.0 Å². The van der Waals surface area contributed by atoms with Gasteiger partial charge in [0.1, 0.15) is 17.4 Å². The molecule has 3 heterocycles. The van der Waals surface area contributed by atoms with Crippen molar-refractivity contribution < 1.29 is 37.6 Å². The van der Waals surface area contributed by atoms with Crippen LogP contribution in [-0.2, 0) is 11.3 Å². The van der Waals surface area contributed by atoms with Crippen LogP contribution in [0.25, 0.3) is 11.4 Å². The van der Waals surface area contributed by atoms with Gasteiger partial charge in [0, 0.05) is 31.8 Å². The van der Waals surface area contributed by atoms with Crippen LogP contribution in [0.3, 0.4) is 0 Å². The molecule has 1 N–H and O–H groups in total. The summed E-state index contributed by atoms with van der Waals surface area (Å²) < 4.78 is 49.8. The average Bonchev–Trinajstić information content (AvgIpc) is 2.76. The predicted molar refractivity (Wildman–Crippen MR) is 114 cm³/mol. The lowest BCUT2D eigenvalue weighted by Gasteiger charge is -2.32. The van der Waals surface area contributed by atoms with Crippen LogP contribution in [0, 0.1) is 5.92 Å². The first kappa shape index (κ1) is 24.4. The number of aromatic carboxylic acids is 1. The number of halogens is 2. The number of carboxylic acid groups (broad SMARTS) is 1. The molecule has 0 radical (unpaired) electrons. The molecule has 0 amide bonds. The van der Waals surface area contributed by atoms with Crippen molar-refractivity contribution in [1.29, 1.82) is 0 Å². The molecule has 1 atom stereocenters. The lowest BCUT2D eigenvalue weighted by molar-refractivity contribution is 0.0690. The van der Waals surface area contributed by atoms with Gasteiger partial charge < -0.3 is 24.1 Å². The van der Waals surface area contributed by atoms with Crippen LogP contribution in [0.1, 0.15) is 42.3 Å². The molecule has 1 aliphatic heterocycles. The van der Waals surface area contributed by atoms with Gasteiger partial charge in [-0.25, -0.2) is 18.6 Å². The van der Waals surface area contributed by atoms with E-state index in [1.54, 1.807) is 7.11 Å². The fourth-order valence-electron chi connectivity index (χ4n) is 3.69. The lowest BCUT2D eigenvalue weighted by atomic mass is 9.92. The number of nitrogens with zero attached hydrogens (tertiary/aromatic N) is 2. The highest BCUT2D eigenvalue weighted by Crippen LogP contribution is 2.47. The molecule has 0 aliphatic carbocycles. The molecule has 9 nitrogen and oxygen atoms in total. The quantitative estimate of drug-likeness (QED) is 0.529. The Balaban J connectivity index is 2.25. The van der Waals surface area contributed by atoms with Crippen LogP contribution < -0.4 is 19.8 Å². The molecule has 0 fully saturated rings. The third-order valence-electron chi connectivity index (χ3n) is 5.12. The molecular weight excluding hydrogens is 442 g/mol. The number of hydrogen-bond acceptors (Lipinski definition) is 7. The second-order valence-corrected chi connectivity index (χ2v) is 7.79. The molecule has 33 heavy (non-hydrogen) atoms. The summed E-state index contributed by atoms with van der Waals surface area (Å²) >= 11 is 0. The van der Waals surface area contributed by atoms with E-state index in [9.17, 15) is 23.5 Å². The number of hydrogen-bond donors (Lipinski definition) is 1. The second kappa shape index (κ2) is 10.2. The van der Waals surface area contributed by atoms with Crippen molar-refractivity contribution in [1.82, 2.24) is 9.55 Å². The van der Waals surface area contributed by atoms with Gasteiger partial charge >= 0.3 is 5.97 Å². The Kier molecular flexibility index (Phi) is 7.52. The van der Waals surface area contributed by atoms with E-state index >= 15 is 0 Å². The van der Waals surface area contributed by atoms with E-state index in [-0.39, 0.29) is 34.7 Å². The monoisotopic (exact) mass is 468 g/mol. The fourth-order valence-corrected chi connectivity index (χ4v) is 3.69. The van der Waals surface area contributed by atoms with Crippen molar-refractivity contribution in [2.24, 2.45) is 5.92 Å². The molecule has 1 aliphatic rings. The Morgan fingerprint density at radius 1 is 1.27 bits per heavy atom. The van der Waals surface area contributed by atoms with Crippen LogP contribution in [0.15, 0.2) is 16.9 Å². The van der Waals surface area contributed by atoms with Gasteiger partial charge in [-0.3, -0.25) is 9.36 Å². The molecule has 180 valence electrons. The molecule has 11 heteroatoms. The van der Waals surface area contributed by atoms with E-state index in [0.717, 1.165) is 4.57 Å². The smallest absolute Gasteiger partial charge is 0.341 e. The third-order valence-corrected chi connectivity index (χ3v) is 5.12. The van der Waals surface area contributed by atoms with E-state index < -0.39 is 36.2 Å². The fraction of sp³-hybridized carbons (Fsp3) is 0.500. The average molecular weight is 468 g/mol. The summed E-state index contributed by atoms with van der Waals surface area (Å²) in [6.07, 6.45) is -2.99. The van der Waals surface area contributed by atoms with Gasteiger partial charge in [0.25, 0.3) is 17.9 Å². The Labute approximate surface area is 188 Å². The predicted octanol–water partition coefficient (Wildman–Crippen LogP) is 3.39. The van der Waals surface area contributed by atoms with Crippen molar-refractivity contribution in [3.8, 4) is 28.8 Å². The molecule has 2 aromatic heterocycles. The van der Waals surface area contributed by atoms with E-state index in [1.165, 1.54) is 19.2 Å². The molecule has 0 saturated heterocycles. The molecule has 0 bridgehead atoms. The number of fused-ring (bicyclic) bond motifs is 3. The highest BCUT2D eigenvalue weighted by atomic mass is 19.3. The molecule has 3 rings (SSSR count). The van der Waals surface area contributed by atoms with Gasteiger partial charge in [0.2, 0.25) is 0 Å². The molecule has 2 aromatic rings. The molecule has 0 saturated carbocycles. The van der Waals surface area contributed by atoms with Gasteiger partial charge in [-0.15, -0.1) is 0 Å². The van der Waals surface area contributed by atoms with E-state index in [1.807, 2.05) is 13.8 Å². The minimum absolute atomic E-state index is 0.0714. The highest BCUT2D eigenvalue weighted by molar-refractivity contribution is 5.88. The van der Waals surface area contributed by atoms with E-state index in [4.69, 9.17) is 18.9 Å². The first-order chi connectivity index (χ1) is 15.7. The van der Waals surface area contributed by atoms with Gasteiger partial charge in [-0.1, -0.05) is 13.8 Å². The van der Waals surface area contributed by atoms with Crippen LogP contribution in [0.2, 0.25) is 0 Å². The number of ether oxygens (including phenoxy) is 4. The number of methoxy groups -OCH3 is 2. The Morgan fingerprint density at radius 3 is 2.58 bits per heavy atom. The first-order valence-corrected chi connectivity index (χ1v) is 10.4. The largest absolute Gasteiger partial charge is 0.488 e.